The molecule has 0 bridgehead atoms. The van der Waals surface area contributed by atoms with Gasteiger partial charge in [0.05, 0.1) is 0 Å². The second-order valence-corrected chi connectivity index (χ2v) is 3.24. The van der Waals surface area contributed by atoms with E-state index in [9.17, 15) is 14.4 Å². The van der Waals surface area contributed by atoms with Crippen LogP contribution < -0.4 is 0 Å². The molecule has 1 aliphatic rings. The van der Waals surface area contributed by atoms with E-state index in [1.807, 2.05) is 0 Å². The number of likely N-dealkylation sites (N-methyl/N-ethyl adjacent to an activating group) is 1. The van der Waals surface area contributed by atoms with Gasteiger partial charge in [0, 0.05) is 20.1 Å². The number of carboxylic acids is 1. The van der Waals surface area contributed by atoms with Crippen molar-refractivity contribution >= 4 is 17.8 Å². The van der Waals surface area contributed by atoms with Crippen molar-refractivity contribution in [1.29, 1.82) is 0 Å². The first kappa shape index (κ1) is 10.5. The van der Waals surface area contributed by atoms with Gasteiger partial charge in [-0.3, -0.25) is 9.59 Å². The molecule has 0 saturated carbocycles. The number of carbonyl (C=O) groups is 3. The van der Waals surface area contributed by atoms with Gasteiger partial charge in [-0.25, -0.2) is 4.79 Å². The highest BCUT2D eigenvalue weighted by molar-refractivity contribution is 6.35. The van der Waals surface area contributed by atoms with Crippen LogP contribution in [0.4, 0.5) is 0 Å². The molecule has 1 N–H and O–H groups in total. The number of rotatable bonds is 2. The van der Waals surface area contributed by atoms with Crippen LogP contribution in [0.1, 0.15) is 6.92 Å². The predicted octanol–water partition coefficient (Wildman–Crippen LogP) is -1.24. The van der Waals surface area contributed by atoms with Gasteiger partial charge in [0.15, 0.2) is 0 Å². The number of amides is 2. The van der Waals surface area contributed by atoms with Crippen LogP contribution in [0.5, 0.6) is 0 Å². The van der Waals surface area contributed by atoms with E-state index in [4.69, 9.17) is 5.11 Å². The zero-order valence-electron chi connectivity index (χ0n) is 8.06. The fraction of sp³-hybridized carbons (Fsp3) is 0.625. The lowest BCUT2D eigenvalue weighted by molar-refractivity contribution is -0.160. The third kappa shape index (κ3) is 1.68. The molecule has 0 aromatic rings. The Balaban J connectivity index is 2.78. The van der Waals surface area contributed by atoms with Crippen molar-refractivity contribution in [3.63, 3.8) is 0 Å². The average molecular weight is 200 g/mol. The van der Waals surface area contributed by atoms with Crippen molar-refractivity contribution in [2.75, 3.05) is 20.1 Å². The number of hydrogen-bond acceptors (Lipinski definition) is 3. The normalized spacial score (nSPS) is 19.9. The smallest absolute Gasteiger partial charge is 0.326 e. The van der Waals surface area contributed by atoms with Crippen LogP contribution >= 0.6 is 0 Å². The molecule has 0 spiro atoms. The number of piperazine rings is 1. The SMILES string of the molecule is C[C@H](C(=O)O)N1CCN(C)C(=O)C1=O. The zero-order valence-corrected chi connectivity index (χ0v) is 8.06. The van der Waals surface area contributed by atoms with Crippen molar-refractivity contribution < 1.29 is 19.5 Å². The average Bonchev–Trinajstić information content (AvgIpc) is 2.13. The molecule has 1 aliphatic heterocycles. The standard InChI is InChI=1S/C8H12N2O4/c1-5(8(13)14)10-4-3-9(2)6(11)7(10)12/h5H,3-4H2,1-2H3,(H,13,14)/t5-/m1/s1. The summed E-state index contributed by atoms with van der Waals surface area (Å²) in [5.41, 5.74) is 0. The molecule has 6 nitrogen and oxygen atoms in total. The lowest BCUT2D eigenvalue weighted by atomic mass is 10.2. The van der Waals surface area contributed by atoms with Crippen LogP contribution in [0.3, 0.4) is 0 Å². The summed E-state index contributed by atoms with van der Waals surface area (Å²) in [5, 5.41) is 8.69. The Hall–Kier alpha value is -1.59. The molecule has 0 aromatic heterocycles. The summed E-state index contributed by atoms with van der Waals surface area (Å²) < 4.78 is 0. The number of carboxylic acid groups (broad SMARTS) is 1. The van der Waals surface area contributed by atoms with Crippen LogP contribution in [0.25, 0.3) is 0 Å². The maximum atomic E-state index is 11.4. The Morgan fingerprint density at radius 3 is 2.43 bits per heavy atom. The van der Waals surface area contributed by atoms with Crippen LogP contribution in [-0.4, -0.2) is 58.9 Å². The summed E-state index contributed by atoms with van der Waals surface area (Å²) in [6, 6.07) is -0.944. The van der Waals surface area contributed by atoms with Gasteiger partial charge in [-0.15, -0.1) is 0 Å². The van der Waals surface area contributed by atoms with Crippen molar-refractivity contribution in [3.8, 4) is 0 Å². The van der Waals surface area contributed by atoms with E-state index < -0.39 is 23.8 Å². The highest BCUT2D eigenvalue weighted by Crippen LogP contribution is 2.07. The van der Waals surface area contributed by atoms with Crippen LogP contribution in [0.15, 0.2) is 0 Å². The fourth-order valence-electron chi connectivity index (χ4n) is 1.25. The largest absolute Gasteiger partial charge is 0.480 e. The molecule has 1 fully saturated rings. The Morgan fingerprint density at radius 1 is 1.36 bits per heavy atom. The summed E-state index contributed by atoms with van der Waals surface area (Å²) in [6.07, 6.45) is 0. The number of nitrogens with zero attached hydrogens (tertiary/aromatic N) is 2. The Morgan fingerprint density at radius 2 is 1.93 bits per heavy atom. The minimum Gasteiger partial charge on any atom is -0.480 e. The quantitative estimate of drug-likeness (QED) is 0.565. The number of hydrogen-bond donors (Lipinski definition) is 1. The van der Waals surface area contributed by atoms with Gasteiger partial charge in [-0.2, -0.15) is 0 Å². The van der Waals surface area contributed by atoms with Gasteiger partial charge >= 0.3 is 17.8 Å². The minimum absolute atomic E-state index is 0.272. The predicted molar refractivity (Wildman–Crippen MR) is 46.4 cm³/mol. The lowest BCUT2D eigenvalue weighted by Gasteiger charge is -2.33. The van der Waals surface area contributed by atoms with Gasteiger partial charge in [0.25, 0.3) is 0 Å². The Labute approximate surface area is 81.1 Å². The summed E-state index contributed by atoms with van der Waals surface area (Å²) in [5.74, 6) is -2.49. The molecule has 0 unspecified atom stereocenters. The van der Waals surface area contributed by atoms with E-state index in [1.165, 1.54) is 18.9 Å². The van der Waals surface area contributed by atoms with Crippen molar-refractivity contribution in [2.45, 2.75) is 13.0 Å². The highest BCUT2D eigenvalue weighted by atomic mass is 16.4. The third-order valence-electron chi connectivity index (χ3n) is 2.29. The van der Waals surface area contributed by atoms with Gasteiger partial charge in [-0.1, -0.05) is 0 Å². The van der Waals surface area contributed by atoms with Crippen molar-refractivity contribution in [1.82, 2.24) is 9.80 Å². The van der Waals surface area contributed by atoms with Gasteiger partial charge < -0.3 is 14.9 Å². The fourth-order valence-corrected chi connectivity index (χ4v) is 1.25. The molecule has 6 heteroatoms. The number of aliphatic carboxylic acids is 1. The number of carbonyl (C=O) groups excluding carboxylic acids is 2. The van der Waals surface area contributed by atoms with Crippen LogP contribution in [0.2, 0.25) is 0 Å². The van der Waals surface area contributed by atoms with Gasteiger partial charge in [0.1, 0.15) is 6.04 Å². The third-order valence-corrected chi connectivity index (χ3v) is 2.29. The van der Waals surface area contributed by atoms with E-state index in [2.05, 4.69) is 0 Å². The molecule has 1 saturated heterocycles. The first-order valence-electron chi connectivity index (χ1n) is 4.24. The second-order valence-electron chi connectivity index (χ2n) is 3.24. The summed E-state index contributed by atoms with van der Waals surface area (Å²) >= 11 is 0. The molecule has 78 valence electrons. The summed E-state index contributed by atoms with van der Waals surface area (Å²) in [4.78, 5) is 35.5. The molecule has 0 aromatic carbocycles. The van der Waals surface area contributed by atoms with Crippen LogP contribution in [-0.2, 0) is 14.4 Å². The molecule has 1 rings (SSSR count). The minimum atomic E-state index is -1.10. The topological polar surface area (TPSA) is 77.9 Å². The Bertz CT molecular complexity index is 289. The first-order chi connectivity index (χ1) is 6.45. The lowest BCUT2D eigenvalue weighted by Crippen LogP contribution is -2.57. The molecular formula is C8H12N2O4. The first-order valence-corrected chi connectivity index (χ1v) is 4.24. The maximum absolute atomic E-state index is 11.4. The molecule has 0 aliphatic carbocycles. The van der Waals surface area contributed by atoms with E-state index in [1.54, 1.807) is 0 Å². The van der Waals surface area contributed by atoms with E-state index in [-0.39, 0.29) is 6.54 Å². The molecule has 14 heavy (non-hydrogen) atoms. The molecule has 1 heterocycles. The van der Waals surface area contributed by atoms with Crippen molar-refractivity contribution in [2.24, 2.45) is 0 Å². The van der Waals surface area contributed by atoms with E-state index >= 15 is 0 Å². The molecular weight excluding hydrogens is 188 g/mol. The molecule has 2 amide bonds. The Kier molecular flexibility index (Phi) is 2.73. The summed E-state index contributed by atoms with van der Waals surface area (Å²) in [7, 11) is 1.52. The monoisotopic (exact) mass is 200 g/mol. The van der Waals surface area contributed by atoms with E-state index in [0.29, 0.717) is 6.54 Å². The molecule has 0 radical (unpaired) electrons. The van der Waals surface area contributed by atoms with Gasteiger partial charge in [0.2, 0.25) is 0 Å². The molecule has 1 atom stereocenters. The second kappa shape index (κ2) is 3.65. The zero-order chi connectivity index (χ0) is 10.9. The summed E-state index contributed by atoms with van der Waals surface area (Å²) in [6.45, 7) is 2.04. The van der Waals surface area contributed by atoms with E-state index in [0.717, 1.165) is 4.90 Å². The van der Waals surface area contributed by atoms with Crippen molar-refractivity contribution in [3.05, 3.63) is 0 Å². The van der Waals surface area contributed by atoms with Gasteiger partial charge in [-0.05, 0) is 6.92 Å². The highest BCUT2D eigenvalue weighted by Gasteiger charge is 2.35. The maximum Gasteiger partial charge on any atom is 0.326 e. The van der Waals surface area contributed by atoms with Crippen LogP contribution in [0, 0.1) is 0 Å².